The zero-order valence-electron chi connectivity index (χ0n) is 13.9. The summed E-state index contributed by atoms with van der Waals surface area (Å²) in [7, 11) is -3.03. The van der Waals surface area contributed by atoms with Crippen molar-refractivity contribution in [2.24, 2.45) is 5.41 Å². The Balaban J connectivity index is 0.00000208. The van der Waals surface area contributed by atoms with E-state index >= 15 is 0 Å². The van der Waals surface area contributed by atoms with Gasteiger partial charge in [-0.3, -0.25) is 4.79 Å². The molecule has 1 fully saturated rings. The molecule has 2 N–H and O–H groups in total. The van der Waals surface area contributed by atoms with E-state index in [0.717, 1.165) is 25.8 Å². The lowest BCUT2D eigenvalue weighted by atomic mass is 9.94. The van der Waals surface area contributed by atoms with Crippen molar-refractivity contribution < 1.29 is 13.2 Å². The van der Waals surface area contributed by atoms with Gasteiger partial charge < -0.3 is 10.6 Å². The van der Waals surface area contributed by atoms with E-state index in [2.05, 4.69) is 22.8 Å². The van der Waals surface area contributed by atoms with Crippen LogP contribution < -0.4 is 10.6 Å². The molecule has 1 amide bonds. The summed E-state index contributed by atoms with van der Waals surface area (Å²) >= 11 is 0. The molecule has 0 radical (unpaired) electrons. The minimum atomic E-state index is -3.03. The molecule has 1 saturated carbocycles. The van der Waals surface area contributed by atoms with Crippen LogP contribution in [0.5, 0.6) is 0 Å². The number of carbonyl (C=O) groups excluding carboxylic acids is 1. The Kier molecular flexibility index (Phi) is 5.94. The summed E-state index contributed by atoms with van der Waals surface area (Å²) < 4.78 is 22.9. The topological polar surface area (TPSA) is 75.3 Å². The summed E-state index contributed by atoms with van der Waals surface area (Å²) in [5, 5.41) is 6.42. The first-order chi connectivity index (χ1) is 10.9. The first-order valence-electron chi connectivity index (χ1n) is 8.13. The minimum absolute atomic E-state index is 0. The van der Waals surface area contributed by atoms with Gasteiger partial charge in [0.2, 0.25) is 5.91 Å². The van der Waals surface area contributed by atoms with Gasteiger partial charge in [0.1, 0.15) is 9.84 Å². The highest BCUT2D eigenvalue weighted by molar-refractivity contribution is 7.90. The number of rotatable bonds is 6. The Labute approximate surface area is 149 Å². The van der Waals surface area contributed by atoms with Crippen LogP contribution >= 0.6 is 12.4 Å². The lowest BCUT2D eigenvalue weighted by molar-refractivity contribution is -0.122. The standard InChI is InChI=1S/C17H24N2O3S.ClH/c1-23(21,22)12-17(7-8-17)10-16(20)19-11-15-14-5-3-2-4-13(14)6-9-18-15;/h2-5,15,18H,6-12H2,1H3,(H,19,20);1H. The number of halogens is 1. The van der Waals surface area contributed by atoms with Crippen molar-refractivity contribution in [3.63, 3.8) is 0 Å². The second-order valence-electron chi connectivity index (χ2n) is 7.01. The van der Waals surface area contributed by atoms with Crippen molar-refractivity contribution in [2.75, 3.05) is 25.1 Å². The van der Waals surface area contributed by atoms with Crippen LogP contribution in [0.1, 0.15) is 36.4 Å². The quantitative estimate of drug-likeness (QED) is 0.795. The highest BCUT2D eigenvalue weighted by Gasteiger charge is 2.46. The Bertz CT molecular complexity index is 702. The molecular formula is C17H25ClN2O3S. The van der Waals surface area contributed by atoms with Crippen LogP contribution in [0.3, 0.4) is 0 Å². The number of benzene rings is 1. The van der Waals surface area contributed by atoms with Gasteiger partial charge in [-0.2, -0.15) is 0 Å². The van der Waals surface area contributed by atoms with Gasteiger partial charge in [-0.1, -0.05) is 24.3 Å². The summed E-state index contributed by atoms with van der Waals surface area (Å²) in [6.07, 6.45) is 4.23. The molecule has 0 bridgehead atoms. The van der Waals surface area contributed by atoms with E-state index in [9.17, 15) is 13.2 Å². The molecule has 1 aliphatic carbocycles. The fraction of sp³-hybridized carbons (Fsp3) is 0.588. The molecule has 2 aliphatic rings. The SMILES string of the molecule is CS(=O)(=O)CC1(CC(=O)NCC2NCCc3ccccc32)CC1.Cl. The van der Waals surface area contributed by atoms with Crippen molar-refractivity contribution in [3.8, 4) is 0 Å². The van der Waals surface area contributed by atoms with Gasteiger partial charge in [0.25, 0.3) is 0 Å². The van der Waals surface area contributed by atoms with Crippen molar-refractivity contribution in [3.05, 3.63) is 35.4 Å². The Morgan fingerprint density at radius 1 is 1.33 bits per heavy atom. The zero-order valence-corrected chi connectivity index (χ0v) is 15.5. The molecule has 1 heterocycles. The number of nitrogens with one attached hydrogen (secondary N) is 2. The molecule has 0 saturated heterocycles. The number of hydrogen-bond acceptors (Lipinski definition) is 4. The monoisotopic (exact) mass is 372 g/mol. The van der Waals surface area contributed by atoms with Gasteiger partial charge in [-0.25, -0.2) is 8.42 Å². The van der Waals surface area contributed by atoms with Crippen LogP contribution in [-0.4, -0.2) is 39.4 Å². The van der Waals surface area contributed by atoms with Crippen LogP contribution in [0.4, 0.5) is 0 Å². The number of amides is 1. The second-order valence-corrected chi connectivity index (χ2v) is 9.15. The molecule has 0 spiro atoms. The molecule has 3 rings (SSSR count). The average molecular weight is 373 g/mol. The van der Waals surface area contributed by atoms with Crippen LogP contribution in [0, 0.1) is 5.41 Å². The molecule has 0 aromatic heterocycles. The fourth-order valence-corrected chi connectivity index (χ4v) is 5.00. The number of fused-ring (bicyclic) bond motifs is 1. The maximum atomic E-state index is 12.2. The normalized spacial score (nSPS) is 21.3. The molecular weight excluding hydrogens is 348 g/mol. The molecule has 1 aromatic carbocycles. The van der Waals surface area contributed by atoms with Crippen molar-refractivity contribution >= 4 is 28.2 Å². The van der Waals surface area contributed by atoms with E-state index in [0.29, 0.717) is 13.0 Å². The van der Waals surface area contributed by atoms with E-state index in [1.54, 1.807) is 0 Å². The first kappa shape index (κ1) is 19.2. The Morgan fingerprint density at radius 2 is 2.04 bits per heavy atom. The van der Waals surface area contributed by atoms with Crippen LogP contribution in [0.2, 0.25) is 0 Å². The molecule has 1 unspecified atom stereocenters. The summed E-state index contributed by atoms with van der Waals surface area (Å²) in [5.74, 6) is 0.0776. The van der Waals surface area contributed by atoms with Gasteiger partial charge in [0.05, 0.1) is 5.75 Å². The third-order valence-electron chi connectivity index (χ3n) is 4.78. The van der Waals surface area contributed by atoms with Gasteiger partial charge >= 0.3 is 0 Å². The highest BCUT2D eigenvalue weighted by Crippen LogP contribution is 2.49. The van der Waals surface area contributed by atoms with E-state index in [4.69, 9.17) is 0 Å². The molecule has 134 valence electrons. The number of sulfone groups is 1. The van der Waals surface area contributed by atoms with Gasteiger partial charge in [0, 0.05) is 25.3 Å². The molecule has 1 aromatic rings. The van der Waals surface area contributed by atoms with Crippen molar-refractivity contribution in [1.82, 2.24) is 10.6 Å². The number of carbonyl (C=O) groups is 1. The van der Waals surface area contributed by atoms with Crippen LogP contribution in [0.25, 0.3) is 0 Å². The largest absolute Gasteiger partial charge is 0.354 e. The van der Waals surface area contributed by atoms with Crippen LogP contribution in [-0.2, 0) is 21.1 Å². The predicted octanol–water partition coefficient (Wildman–Crippen LogP) is 1.63. The third kappa shape index (κ3) is 4.94. The van der Waals surface area contributed by atoms with E-state index in [-0.39, 0.29) is 35.5 Å². The summed E-state index contributed by atoms with van der Waals surface area (Å²) in [6.45, 7) is 1.46. The van der Waals surface area contributed by atoms with Gasteiger partial charge in [-0.15, -0.1) is 12.4 Å². The molecule has 7 heteroatoms. The van der Waals surface area contributed by atoms with E-state index in [1.165, 1.54) is 17.4 Å². The smallest absolute Gasteiger partial charge is 0.220 e. The highest BCUT2D eigenvalue weighted by atomic mass is 35.5. The predicted molar refractivity (Wildman–Crippen MR) is 97.1 cm³/mol. The second kappa shape index (κ2) is 7.42. The summed E-state index contributed by atoms with van der Waals surface area (Å²) in [5.41, 5.74) is 2.27. The minimum Gasteiger partial charge on any atom is -0.354 e. The van der Waals surface area contributed by atoms with Crippen molar-refractivity contribution in [2.45, 2.75) is 31.7 Å². The third-order valence-corrected chi connectivity index (χ3v) is 5.92. The van der Waals surface area contributed by atoms with E-state index < -0.39 is 9.84 Å². The molecule has 1 aliphatic heterocycles. The van der Waals surface area contributed by atoms with Gasteiger partial charge in [0.15, 0.2) is 0 Å². The van der Waals surface area contributed by atoms with E-state index in [1.807, 2.05) is 12.1 Å². The Hall–Kier alpha value is -1.11. The molecule has 24 heavy (non-hydrogen) atoms. The lowest BCUT2D eigenvalue weighted by Crippen LogP contribution is -2.39. The number of hydrogen-bond donors (Lipinski definition) is 2. The Morgan fingerprint density at radius 3 is 2.71 bits per heavy atom. The fourth-order valence-electron chi connectivity index (χ4n) is 3.50. The summed E-state index contributed by atoms with van der Waals surface area (Å²) in [6, 6.07) is 8.43. The van der Waals surface area contributed by atoms with Crippen molar-refractivity contribution in [1.29, 1.82) is 0 Å². The zero-order chi connectivity index (χ0) is 16.5. The maximum absolute atomic E-state index is 12.2. The molecule has 5 nitrogen and oxygen atoms in total. The van der Waals surface area contributed by atoms with Crippen LogP contribution in [0.15, 0.2) is 24.3 Å². The molecule has 1 atom stereocenters. The summed E-state index contributed by atoms with van der Waals surface area (Å²) in [4.78, 5) is 12.2. The lowest BCUT2D eigenvalue weighted by Gasteiger charge is -2.27. The first-order valence-corrected chi connectivity index (χ1v) is 10.2. The average Bonchev–Trinajstić information content (AvgIpc) is 3.21. The van der Waals surface area contributed by atoms with Gasteiger partial charge in [-0.05, 0) is 42.3 Å². The maximum Gasteiger partial charge on any atom is 0.220 e.